The molecule has 0 aromatic heterocycles. The summed E-state index contributed by atoms with van der Waals surface area (Å²) in [5.41, 5.74) is 1.16. The molecule has 3 rings (SSSR count). The zero-order valence-corrected chi connectivity index (χ0v) is 20.6. The van der Waals surface area contributed by atoms with Gasteiger partial charge in [-0.15, -0.1) is 0 Å². The summed E-state index contributed by atoms with van der Waals surface area (Å²) in [5.74, 6) is -1.42. The number of benzene rings is 2. The average Bonchev–Trinajstić information content (AvgIpc) is 3.31. The number of likely N-dealkylation sites (N-methyl/N-ethyl adjacent to an activating group) is 1. The normalized spacial score (nSPS) is 15.3. The van der Waals surface area contributed by atoms with Crippen molar-refractivity contribution < 1.29 is 22.4 Å². The molecule has 34 heavy (non-hydrogen) atoms. The number of hydrogen-bond donors (Lipinski definition) is 1. The zero-order chi connectivity index (χ0) is 24.9. The first-order valence-corrected chi connectivity index (χ1v) is 12.9. The van der Waals surface area contributed by atoms with Crippen LogP contribution in [0.5, 0.6) is 0 Å². The van der Waals surface area contributed by atoms with Crippen molar-refractivity contribution in [2.75, 3.05) is 13.6 Å². The minimum atomic E-state index is -3.92. The molecule has 1 N–H and O–H groups in total. The van der Waals surface area contributed by atoms with Crippen LogP contribution in [0.1, 0.15) is 43.7 Å². The van der Waals surface area contributed by atoms with Crippen LogP contribution in [0.2, 0.25) is 0 Å². The fraction of sp³-hybridized carbons (Fsp3) is 0.440. The Morgan fingerprint density at radius 1 is 1.09 bits per heavy atom. The second-order valence-electron chi connectivity index (χ2n) is 8.85. The fourth-order valence-electron chi connectivity index (χ4n) is 4.04. The second-order valence-corrected chi connectivity index (χ2v) is 10.9. The van der Waals surface area contributed by atoms with Crippen molar-refractivity contribution >= 4 is 21.8 Å². The largest absolute Gasteiger partial charge is 0.352 e. The number of nitrogens with one attached hydrogen (secondary N) is 1. The molecule has 2 aromatic carbocycles. The molecule has 0 aliphatic heterocycles. The number of aryl methyl sites for hydroxylation is 1. The molecule has 9 heteroatoms. The first-order valence-electron chi connectivity index (χ1n) is 11.5. The minimum absolute atomic E-state index is 0.0601. The lowest BCUT2D eigenvalue weighted by Gasteiger charge is -2.31. The zero-order valence-electron chi connectivity index (χ0n) is 19.8. The van der Waals surface area contributed by atoms with Crippen molar-refractivity contribution in [2.45, 2.75) is 63.1 Å². The summed E-state index contributed by atoms with van der Waals surface area (Å²) in [6.07, 6.45) is 3.85. The van der Waals surface area contributed by atoms with Crippen molar-refractivity contribution in [1.82, 2.24) is 14.5 Å². The maximum absolute atomic E-state index is 14.4. The number of carbonyl (C=O) groups is 2. The van der Waals surface area contributed by atoms with E-state index in [2.05, 4.69) is 5.32 Å². The maximum Gasteiger partial charge on any atom is 0.243 e. The molecule has 184 valence electrons. The van der Waals surface area contributed by atoms with E-state index in [1.54, 1.807) is 37.3 Å². The van der Waals surface area contributed by atoms with Crippen LogP contribution < -0.4 is 5.32 Å². The van der Waals surface area contributed by atoms with E-state index in [-0.39, 0.29) is 29.0 Å². The van der Waals surface area contributed by atoms with Crippen molar-refractivity contribution in [3.8, 4) is 0 Å². The van der Waals surface area contributed by atoms with Gasteiger partial charge in [-0.2, -0.15) is 4.31 Å². The van der Waals surface area contributed by atoms with Gasteiger partial charge in [0.1, 0.15) is 11.9 Å². The van der Waals surface area contributed by atoms with Gasteiger partial charge in [-0.05, 0) is 44.9 Å². The van der Waals surface area contributed by atoms with Crippen LogP contribution in [0, 0.1) is 12.7 Å². The van der Waals surface area contributed by atoms with Gasteiger partial charge in [0.25, 0.3) is 0 Å². The summed E-state index contributed by atoms with van der Waals surface area (Å²) >= 11 is 0. The topological polar surface area (TPSA) is 86.8 Å². The number of sulfonamides is 1. The summed E-state index contributed by atoms with van der Waals surface area (Å²) < 4.78 is 41.2. The summed E-state index contributed by atoms with van der Waals surface area (Å²) in [7, 11) is -2.60. The molecule has 1 aliphatic rings. The molecule has 1 fully saturated rings. The van der Waals surface area contributed by atoms with Crippen molar-refractivity contribution in [3.63, 3.8) is 0 Å². The van der Waals surface area contributed by atoms with Crippen LogP contribution in [0.3, 0.4) is 0 Å². The van der Waals surface area contributed by atoms with E-state index in [1.807, 2.05) is 6.92 Å². The Hall–Kier alpha value is -2.78. The van der Waals surface area contributed by atoms with Crippen LogP contribution in [0.15, 0.2) is 53.4 Å². The third-order valence-electron chi connectivity index (χ3n) is 6.25. The van der Waals surface area contributed by atoms with Gasteiger partial charge in [0, 0.05) is 25.2 Å². The van der Waals surface area contributed by atoms with Crippen LogP contribution in [0.4, 0.5) is 4.39 Å². The highest BCUT2D eigenvalue weighted by Gasteiger charge is 2.31. The first-order chi connectivity index (χ1) is 16.1. The fourth-order valence-corrected chi connectivity index (χ4v) is 5.16. The van der Waals surface area contributed by atoms with E-state index in [0.717, 1.165) is 35.6 Å². The molecule has 1 saturated carbocycles. The Bertz CT molecular complexity index is 1120. The smallest absolute Gasteiger partial charge is 0.243 e. The number of rotatable bonds is 9. The predicted molar refractivity (Wildman–Crippen MR) is 128 cm³/mol. The molecule has 7 nitrogen and oxygen atoms in total. The third kappa shape index (κ3) is 6.21. The molecular weight excluding hydrogens is 457 g/mol. The van der Waals surface area contributed by atoms with E-state index in [4.69, 9.17) is 0 Å². The van der Waals surface area contributed by atoms with Gasteiger partial charge in [0.2, 0.25) is 21.8 Å². The number of nitrogens with zero attached hydrogens (tertiary/aromatic N) is 2. The van der Waals surface area contributed by atoms with E-state index in [1.165, 1.54) is 30.1 Å². The Morgan fingerprint density at radius 3 is 2.32 bits per heavy atom. The van der Waals surface area contributed by atoms with Crippen molar-refractivity contribution in [1.29, 1.82) is 0 Å². The molecule has 2 amide bonds. The monoisotopic (exact) mass is 489 g/mol. The number of amides is 2. The summed E-state index contributed by atoms with van der Waals surface area (Å²) in [6.45, 7) is 2.80. The molecule has 0 bridgehead atoms. The molecule has 1 aliphatic carbocycles. The summed E-state index contributed by atoms with van der Waals surface area (Å²) in [5, 5.41) is 2.97. The van der Waals surface area contributed by atoms with Gasteiger partial charge in [-0.1, -0.05) is 48.7 Å². The predicted octanol–water partition coefficient (Wildman–Crippen LogP) is 3.23. The van der Waals surface area contributed by atoms with Gasteiger partial charge in [-0.25, -0.2) is 12.8 Å². The summed E-state index contributed by atoms with van der Waals surface area (Å²) in [4.78, 5) is 27.5. The highest BCUT2D eigenvalue weighted by atomic mass is 32.2. The SMILES string of the molecule is Cc1ccc(S(=O)(=O)N(C)CC(=O)N(Cc2ccccc2F)[C@H](C)C(=O)NC2CCCC2)cc1. The molecule has 2 aromatic rings. The van der Waals surface area contributed by atoms with Gasteiger partial charge in [0.05, 0.1) is 11.4 Å². The van der Waals surface area contributed by atoms with Crippen LogP contribution >= 0.6 is 0 Å². The van der Waals surface area contributed by atoms with Crippen LogP contribution in [0.25, 0.3) is 0 Å². The van der Waals surface area contributed by atoms with Crippen LogP contribution in [-0.4, -0.2) is 55.1 Å². The van der Waals surface area contributed by atoms with Gasteiger partial charge in [-0.3, -0.25) is 9.59 Å². The Labute approximate surface area is 201 Å². The highest BCUT2D eigenvalue weighted by molar-refractivity contribution is 7.89. The van der Waals surface area contributed by atoms with E-state index >= 15 is 0 Å². The van der Waals surface area contributed by atoms with Crippen LogP contribution in [-0.2, 0) is 26.2 Å². The van der Waals surface area contributed by atoms with E-state index < -0.39 is 34.3 Å². The van der Waals surface area contributed by atoms with Gasteiger partial charge >= 0.3 is 0 Å². The van der Waals surface area contributed by atoms with E-state index in [0.29, 0.717) is 0 Å². The molecule has 0 spiro atoms. The average molecular weight is 490 g/mol. The Morgan fingerprint density at radius 2 is 1.71 bits per heavy atom. The molecule has 1 atom stereocenters. The van der Waals surface area contributed by atoms with Gasteiger partial charge in [0.15, 0.2) is 0 Å². The molecule has 0 unspecified atom stereocenters. The molecule has 0 heterocycles. The second kappa shape index (κ2) is 11.1. The van der Waals surface area contributed by atoms with Crippen molar-refractivity contribution in [2.24, 2.45) is 0 Å². The van der Waals surface area contributed by atoms with Gasteiger partial charge < -0.3 is 10.2 Å². The molecule has 0 saturated heterocycles. The lowest BCUT2D eigenvalue weighted by atomic mass is 10.1. The number of hydrogen-bond acceptors (Lipinski definition) is 4. The molecular formula is C25H32FN3O4S. The first kappa shape index (κ1) is 25.8. The van der Waals surface area contributed by atoms with E-state index in [9.17, 15) is 22.4 Å². The standard InChI is InChI=1S/C25H32FN3O4S/c1-18-12-14-22(15-13-18)34(32,33)28(3)17-24(30)29(16-20-8-4-7-11-23(20)26)19(2)25(31)27-21-9-5-6-10-21/h4,7-8,11-15,19,21H,5-6,9-10,16-17H2,1-3H3,(H,27,31)/t19-/m1/s1. The minimum Gasteiger partial charge on any atom is -0.352 e. The maximum atomic E-state index is 14.4. The lowest BCUT2D eigenvalue weighted by Crippen LogP contribution is -2.52. The number of halogens is 1. The number of carbonyl (C=O) groups excluding carboxylic acids is 2. The Kier molecular flexibility index (Phi) is 8.43. The molecule has 0 radical (unpaired) electrons. The quantitative estimate of drug-likeness (QED) is 0.586. The Balaban J connectivity index is 1.80. The lowest BCUT2D eigenvalue weighted by molar-refractivity contribution is -0.140. The summed E-state index contributed by atoms with van der Waals surface area (Å²) in [6, 6.07) is 11.5. The third-order valence-corrected chi connectivity index (χ3v) is 8.07. The van der Waals surface area contributed by atoms with Crippen molar-refractivity contribution in [3.05, 3.63) is 65.5 Å². The highest BCUT2D eigenvalue weighted by Crippen LogP contribution is 2.20.